The summed E-state index contributed by atoms with van der Waals surface area (Å²) in [5.74, 6) is 1.38. The molecule has 0 aliphatic carbocycles. The van der Waals surface area contributed by atoms with Gasteiger partial charge in [0.1, 0.15) is 11.5 Å². The lowest BCUT2D eigenvalue weighted by molar-refractivity contribution is -0.563. The molecule has 2 aromatic heterocycles. The maximum absolute atomic E-state index is 13.6. The van der Waals surface area contributed by atoms with Crippen molar-refractivity contribution in [1.82, 2.24) is 0 Å². The summed E-state index contributed by atoms with van der Waals surface area (Å²) in [7, 11) is 3.24. The lowest BCUT2D eigenvalue weighted by Crippen LogP contribution is -2.30. The van der Waals surface area contributed by atoms with E-state index < -0.39 is 0 Å². The van der Waals surface area contributed by atoms with Gasteiger partial charge in [-0.25, -0.2) is 0 Å². The van der Waals surface area contributed by atoms with E-state index in [-0.39, 0.29) is 0 Å². The quantitative estimate of drug-likeness (QED) is 0.302. The lowest BCUT2D eigenvalue weighted by Gasteiger charge is -2.12. The summed E-state index contributed by atoms with van der Waals surface area (Å²) < 4.78 is 14.0. The Hall–Kier alpha value is -3.31. The molecule has 0 fully saturated rings. The van der Waals surface area contributed by atoms with Crippen LogP contribution in [0.4, 0.5) is 0 Å². The Morgan fingerprint density at radius 1 is 0.821 bits per heavy atom. The number of benzene rings is 3. The minimum Gasteiger partial charge on any atom is -0.618 e. The molecule has 5 heteroatoms. The van der Waals surface area contributed by atoms with Gasteiger partial charge >= 0.3 is 0 Å². The molecule has 0 aliphatic rings. The van der Waals surface area contributed by atoms with Crippen molar-refractivity contribution in [2.24, 2.45) is 0 Å². The van der Waals surface area contributed by atoms with Crippen molar-refractivity contribution in [2.45, 2.75) is 0 Å². The molecule has 0 saturated carbocycles. The van der Waals surface area contributed by atoms with Crippen LogP contribution in [-0.2, 0) is 0 Å². The zero-order chi connectivity index (χ0) is 19.3. The fourth-order valence-corrected chi connectivity index (χ4v) is 4.96. The highest BCUT2D eigenvalue weighted by molar-refractivity contribution is 7.26. The Labute approximate surface area is 165 Å². The molecule has 0 spiro atoms. The van der Waals surface area contributed by atoms with Crippen molar-refractivity contribution < 1.29 is 14.2 Å². The van der Waals surface area contributed by atoms with Crippen LogP contribution in [0, 0.1) is 5.21 Å². The highest BCUT2D eigenvalue weighted by Crippen LogP contribution is 2.42. The van der Waals surface area contributed by atoms with E-state index in [1.807, 2.05) is 48.5 Å². The molecule has 0 amide bonds. The maximum Gasteiger partial charge on any atom is 0.233 e. The maximum atomic E-state index is 13.6. The number of fused-ring (bicyclic) bond motifs is 5. The molecule has 0 saturated heterocycles. The Balaban J connectivity index is 2.02. The van der Waals surface area contributed by atoms with Crippen molar-refractivity contribution in [3.8, 4) is 22.8 Å². The summed E-state index contributed by atoms with van der Waals surface area (Å²) in [5, 5.41) is 16.6. The molecule has 138 valence electrons. The summed E-state index contributed by atoms with van der Waals surface area (Å²) >= 11 is 1.71. The molecular weight excluding hydrogens is 370 g/mol. The fourth-order valence-electron chi connectivity index (χ4n) is 3.72. The average molecular weight is 387 g/mol. The highest BCUT2D eigenvalue weighted by Gasteiger charge is 2.24. The minimum atomic E-state index is 0.594. The second-order valence-electron chi connectivity index (χ2n) is 6.56. The molecule has 5 rings (SSSR count). The van der Waals surface area contributed by atoms with Gasteiger partial charge in [0.25, 0.3) is 0 Å². The smallest absolute Gasteiger partial charge is 0.233 e. The normalized spacial score (nSPS) is 11.4. The molecule has 2 heterocycles. The van der Waals surface area contributed by atoms with Crippen molar-refractivity contribution in [3.63, 3.8) is 0 Å². The van der Waals surface area contributed by atoms with Crippen LogP contribution < -0.4 is 14.2 Å². The van der Waals surface area contributed by atoms with E-state index >= 15 is 0 Å². The van der Waals surface area contributed by atoms with E-state index in [2.05, 4.69) is 12.1 Å². The van der Waals surface area contributed by atoms with Gasteiger partial charge < -0.3 is 14.7 Å². The number of rotatable bonds is 3. The summed E-state index contributed by atoms with van der Waals surface area (Å²) in [6.07, 6.45) is 0. The Morgan fingerprint density at radius 3 is 2.43 bits per heavy atom. The number of nitrogens with zero attached hydrogens (tertiary/aromatic N) is 1. The summed E-state index contributed by atoms with van der Waals surface area (Å²) in [4.78, 5) is 0. The van der Waals surface area contributed by atoms with E-state index in [1.165, 1.54) is 0 Å². The molecule has 0 unspecified atom stereocenters. The molecule has 5 aromatic rings. The SMILES string of the molecule is COc1cccc(-c2c3c4ccccc4sc3c3ccc(OC)cc3[n+]2[O-])c1. The number of pyridine rings is 1. The van der Waals surface area contributed by atoms with Crippen LogP contribution in [0.15, 0.2) is 66.7 Å². The van der Waals surface area contributed by atoms with Gasteiger partial charge in [0, 0.05) is 10.1 Å². The number of thiophene rings is 1. The van der Waals surface area contributed by atoms with Crippen LogP contribution in [0.3, 0.4) is 0 Å². The van der Waals surface area contributed by atoms with Crippen molar-refractivity contribution >= 4 is 42.4 Å². The first kappa shape index (κ1) is 16.8. The van der Waals surface area contributed by atoms with Gasteiger partial charge in [-0.15, -0.1) is 11.3 Å². The zero-order valence-electron chi connectivity index (χ0n) is 15.4. The number of hydrogen-bond donors (Lipinski definition) is 0. The van der Waals surface area contributed by atoms with E-state index in [9.17, 15) is 5.21 Å². The largest absolute Gasteiger partial charge is 0.618 e. The van der Waals surface area contributed by atoms with Gasteiger partial charge in [-0.1, -0.05) is 24.3 Å². The predicted octanol–water partition coefficient (Wildman–Crippen LogP) is 5.53. The topological polar surface area (TPSA) is 45.4 Å². The minimum absolute atomic E-state index is 0.594. The second kappa shape index (κ2) is 6.39. The van der Waals surface area contributed by atoms with E-state index in [0.717, 1.165) is 41.6 Å². The molecule has 0 atom stereocenters. The van der Waals surface area contributed by atoms with Crippen LogP contribution >= 0.6 is 11.3 Å². The molecular formula is C23H17NO3S. The molecule has 0 aliphatic heterocycles. The third-order valence-corrected chi connectivity index (χ3v) is 6.25. The van der Waals surface area contributed by atoms with Crippen molar-refractivity contribution in [2.75, 3.05) is 14.2 Å². The standard InChI is InChI=1S/C23H17NO3S/c1-26-15-7-5-6-14(12-15)22-21-18-8-3-4-9-20(18)28-23(21)17-11-10-16(27-2)13-19(17)24(22)25/h3-13H,1-2H3. The summed E-state index contributed by atoms with van der Waals surface area (Å²) in [6.45, 7) is 0. The van der Waals surface area contributed by atoms with Gasteiger partial charge in [0.2, 0.25) is 11.2 Å². The summed E-state index contributed by atoms with van der Waals surface area (Å²) in [6, 6.07) is 21.5. The zero-order valence-corrected chi connectivity index (χ0v) is 16.2. The first-order valence-corrected chi connectivity index (χ1v) is 9.72. The number of hydrogen-bond acceptors (Lipinski definition) is 4. The molecule has 4 nitrogen and oxygen atoms in total. The summed E-state index contributed by atoms with van der Waals surface area (Å²) in [5.41, 5.74) is 2.05. The van der Waals surface area contributed by atoms with Crippen LogP contribution in [0.25, 0.3) is 42.3 Å². The molecule has 0 N–H and O–H groups in total. The van der Waals surface area contributed by atoms with E-state index in [1.54, 1.807) is 31.6 Å². The third kappa shape index (κ3) is 2.40. The fraction of sp³-hybridized carbons (Fsp3) is 0.0870. The lowest BCUT2D eigenvalue weighted by atomic mass is 10.0. The average Bonchev–Trinajstić information content (AvgIpc) is 3.13. The molecule has 0 bridgehead atoms. The van der Waals surface area contributed by atoms with Gasteiger partial charge in [0.15, 0.2) is 0 Å². The Kier molecular flexibility index (Phi) is 3.84. The van der Waals surface area contributed by atoms with Gasteiger partial charge in [0.05, 0.1) is 41.3 Å². The van der Waals surface area contributed by atoms with Crippen molar-refractivity contribution in [1.29, 1.82) is 0 Å². The second-order valence-corrected chi connectivity index (χ2v) is 7.61. The van der Waals surface area contributed by atoms with Crippen LogP contribution in [0.2, 0.25) is 0 Å². The van der Waals surface area contributed by atoms with E-state index in [0.29, 0.717) is 17.0 Å². The third-order valence-electron chi connectivity index (χ3n) is 5.05. The van der Waals surface area contributed by atoms with Gasteiger partial charge in [-0.2, -0.15) is 4.73 Å². The highest BCUT2D eigenvalue weighted by atomic mass is 32.1. The molecule has 3 aromatic carbocycles. The number of ether oxygens (including phenoxy) is 2. The van der Waals surface area contributed by atoms with Crippen LogP contribution in [-0.4, -0.2) is 14.2 Å². The molecule has 0 radical (unpaired) electrons. The van der Waals surface area contributed by atoms with Crippen LogP contribution in [0.5, 0.6) is 11.5 Å². The Bertz CT molecular complexity index is 1360. The monoisotopic (exact) mass is 387 g/mol. The van der Waals surface area contributed by atoms with Crippen molar-refractivity contribution in [3.05, 3.63) is 71.9 Å². The first-order valence-electron chi connectivity index (χ1n) is 8.90. The predicted molar refractivity (Wildman–Crippen MR) is 114 cm³/mol. The first-order chi connectivity index (χ1) is 13.7. The number of aromatic nitrogens is 1. The Morgan fingerprint density at radius 2 is 1.61 bits per heavy atom. The van der Waals surface area contributed by atoms with Crippen LogP contribution in [0.1, 0.15) is 0 Å². The number of methoxy groups -OCH3 is 2. The van der Waals surface area contributed by atoms with E-state index in [4.69, 9.17) is 9.47 Å². The molecule has 28 heavy (non-hydrogen) atoms. The van der Waals surface area contributed by atoms with Gasteiger partial charge in [-0.3, -0.25) is 0 Å². The van der Waals surface area contributed by atoms with Gasteiger partial charge in [-0.05, 0) is 36.4 Å².